The molecule has 1 aliphatic heterocycles. The number of likely N-dealkylation sites (N-methyl/N-ethyl adjacent to an activating group) is 1. The molecule has 28 heavy (non-hydrogen) atoms. The molecule has 0 radical (unpaired) electrons. The summed E-state index contributed by atoms with van der Waals surface area (Å²) in [5.74, 6) is 0.125. The fourth-order valence-electron chi connectivity index (χ4n) is 3.75. The minimum absolute atomic E-state index is 0.255. The van der Waals surface area contributed by atoms with Gasteiger partial charge in [-0.3, -0.25) is 9.97 Å². The Morgan fingerprint density at radius 2 is 1.96 bits per heavy atom. The number of hydrogen-bond donors (Lipinski definition) is 1. The van der Waals surface area contributed by atoms with Crippen LogP contribution in [0, 0.1) is 5.82 Å². The topological polar surface area (TPSA) is 41.1 Å². The van der Waals surface area contributed by atoms with Crippen LogP contribution in [-0.2, 0) is 0 Å². The van der Waals surface area contributed by atoms with Crippen LogP contribution in [0.2, 0.25) is 0 Å². The Morgan fingerprint density at radius 1 is 1.07 bits per heavy atom. The van der Waals surface area contributed by atoms with Crippen LogP contribution in [-0.4, -0.2) is 34.5 Å². The molecule has 0 bridgehead atoms. The van der Waals surface area contributed by atoms with E-state index < -0.39 is 0 Å². The molecule has 2 unspecified atom stereocenters. The third kappa shape index (κ3) is 4.20. The van der Waals surface area contributed by atoms with Crippen LogP contribution in [0.4, 0.5) is 15.8 Å². The van der Waals surface area contributed by atoms with E-state index in [2.05, 4.69) is 35.2 Å². The van der Waals surface area contributed by atoms with Gasteiger partial charge in [-0.05, 0) is 69.3 Å². The second kappa shape index (κ2) is 8.07. The standard InChI is InChI=1S/C23H25FN4/c1-16-8-9-18(15-28(16)2)23-13-21(26-20-7-3-6-19(24)11-20)12-22(27-23)17-5-4-10-25-14-17/h3-7,10-14,16,18H,8-9,15H2,1-2H3,(H,26,27). The van der Waals surface area contributed by atoms with Crippen LogP contribution < -0.4 is 5.32 Å². The largest absolute Gasteiger partial charge is 0.355 e. The van der Waals surface area contributed by atoms with Crippen LogP contribution in [0.15, 0.2) is 60.9 Å². The van der Waals surface area contributed by atoms with Crippen LogP contribution in [0.25, 0.3) is 11.3 Å². The molecular formula is C23H25FN4. The highest BCUT2D eigenvalue weighted by Crippen LogP contribution is 2.32. The number of nitrogens with zero attached hydrogens (tertiary/aromatic N) is 3. The van der Waals surface area contributed by atoms with Crippen molar-refractivity contribution in [3.05, 3.63) is 72.4 Å². The van der Waals surface area contributed by atoms with Crippen molar-refractivity contribution in [3.63, 3.8) is 0 Å². The van der Waals surface area contributed by atoms with Crippen molar-refractivity contribution >= 4 is 11.4 Å². The van der Waals surface area contributed by atoms with E-state index in [0.717, 1.165) is 47.7 Å². The lowest BCUT2D eigenvalue weighted by Crippen LogP contribution is -2.38. The number of likely N-dealkylation sites (tertiary alicyclic amines) is 1. The Kier molecular flexibility index (Phi) is 5.35. The maximum Gasteiger partial charge on any atom is 0.125 e. The third-order valence-electron chi connectivity index (χ3n) is 5.53. The molecule has 0 spiro atoms. The van der Waals surface area contributed by atoms with Crippen LogP contribution in [0.5, 0.6) is 0 Å². The van der Waals surface area contributed by atoms with Crippen molar-refractivity contribution in [3.8, 4) is 11.3 Å². The summed E-state index contributed by atoms with van der Waals surface area (Å²) in [4.78, 5) is 11.6. The summed E-state index contributed by atoms with van der Waals surface area (Å²) in [6.45, 7) is 3.26. The fourth-order valence-corrected chi connectivity index (χ4v) is 3.75. The van der Waals surface area contributed by atoms with Gasteiger partial charge < -0.3 is 10.2 Å². The average Bonchev–Trinajstić information content (AvgIpc) is 2.70. The van der Waals surface area contributed by atoms with Crippen molar-refractivity contribution in [2.45, 2.75) is 31.7 Å². The van der Waals surface area contributed by atoms with Crippen molar-refractivity contribution in [1.29, 1.82) is 0 Å². The lowest BCUT2D eigenvalue weighted by atomic mass is 9.90. The van der Waals surface area contributed by atoms with E-state index in [1.165, 1.54) is 12.1 Å². The van der Waals surface area contributed by atoms with E-state index >= 15 is 0 Å². The maximum absolute atomic E-state index is 13.6. The number of pyridine rings is 2. The van der Waals surface area contributed by atoms with Gasteiger partial charge in [-0.2, -0.15) is 0 Å². The van der Waals surface area contributed by atoms with E-state index in [1.54, 1.807) is 12.3 Å². The van der Waals surface area contributed by atoms with Crippen LogP contribution in [0.3, 0.4) is 0 Å². The molecule has 4 rings (SSSR count). The van der Waals surface area contributed by atoms with E-state index in [9.17, 15) is 4.39 Å². The van der Waals surface area contributed by atoms with Crippen molar-refractivity contribution in [2.75, 3.05) is 18.9 Å². The van der Waals surface area contributed by atoms with Crippen molar-refractivity contribution in [1.82, 2.24) is 14.9 Å². The van der Waals surface area contributed by atoms with Crippen LogP contribution in [0.1, 0.15) is 31.4 Å². The first kappa shape index (κ1) is 18.6. The Labute approximate surface area is 165 Å². The van der Waals surface area contributed by atoms with E-state index in [4.69, 9.17) is 4.98 Å². The molecule has 3 heterocycles. The number of rotatable bonds is 4. The summed E-state index contributed by atoms with van der Waals surface area (Å²) < 4.78 is 13.6. The molecule has 4 nitrogen and oxygen atoms in total. The quantitative estimate of drug-likeness (QED) is 0.677. The molecule has 5 heteroatoms. The summed E-state index contributed by atoms with van der Waals surface area (Å²) in [6, 6.07) is 15.1. The van der Waals surface area contributed by atoms with Gasteiger partial charge in [0.05, 0.1) is 5.69 Å². The van der Waals surface area contributed by atoms with Gasteiger partial charge in [-0.25, -0.2) is 4.39 Å². The van der Waals surface area contributed by atoms with E-state index in [1.807, 2.05) is 30.5 Å². The summed E-state index contributed by atoms with van der Waals surface area (Å²) in [5.41, 5.74) is 4.56. The third-order valence-corrected chi connectivity index (χ3v) is 5.53. The molecule has 0 aliphatic carbocycles. The molecule has 1 aromatic carbocycles. The van der Waals surface area contributed by atoms with Gasteiger partial charge in [0.2, 0.25) is 0 Å². The molecular weight excluding hydrogens is 351 g/mol. The SMILES string of the molecule is CC1CCC(c2cc(Nc3cccc(F)c3)cc(-c3cccnc3)n2)CN1C. The second-order valence-electron chi connectivity index (χ2n) is 7.61. The number of hydrogen-bond acceptors (Lipinski definition) is 4. The Balaban J connectivity index is 1.71. The van der Waals surface area contributed by atoms with Gasteiger partial charge in [0, 0.05) is 53.5 Å². The minimum atomic E-state index is -0.255. The summed E-state index contributed by atoms with van der Waals surface area (Å²) in [5, 5.41) is 3.34. The molecule has 1 aliphatic rings. The number of anilines is 2. The molecule has 2 aromatic heterocycles. The maximum atomic E-state index is 13.6. The monoisotopic (exact) mass is 376 g/mol. The van der Waals surface area contributed by atoms with Gasteiger partial charge in [0.15, 0.2) is 0 Å². The molecule has 0 saturated carbocycles. The lowest BCUT2D eigenvalue weighted by Gasteiger charge is -2.35. The number of halogens is 1. The fraction of sp³-hybridized carbons (Fsp3) is 0.304. The van der Waals surface area contributed by atoms with Crippen molar-refractivity contribution < 1.29 is 4.39 Å². The zero-order valence-electron chi connectivity index (χ0n) is 16.3. The smallest absolute Gasteiger partial charge is 0.125 e. The predicted molar refractivity (Wildman–Crippen MR) is 111 cm³/mol. The van der Waals surface area contributed by atoms with Gasteiger partial charge >= 0.3 is 0 Å². The number of aromatic nitrogens is 2. The summed E-state index contributed by atoms with van der Waals surface area (Å²) in [7, 11) is 2.17. The van der Waals surface area contributed by atoms with E-state index in [-0.39, 0.29) is 5.82 Å². The number of benzene rings is 1. The lowest BCUT2D eigenvalue weighted by molar-refractivity contribution is 0.179. The van der Waals surface area contributed by atoms with Crippen LogP contribution >= 0.6 is 0 Å². The predicted octanol–water partition coefficient (Wildman–Crippen LogP) is 5.22. The first-order chi connectivity index (χ1) is 13.6. The van der Waals surface area contributed by atoms with Gasteiger partial charge in [-0.15, -0.1) is 0 Å². The molecule has 0 amide bonds. The summed E-state index contributed by atoms with van der Waals surface area (Å²) in [6.07, 6.45) is 5.87. The summed E-state index contributed by atoms with van der Waals surface area (Å²) >= 11 is 0. The molecule has 1 N–H and O–H groups in total. The zero-order valence-corrected chi connectivity index (χ0v) is 16.3. The van der Waals surface area contributed by atoms with Crippen molar-refractivity contribution in [2.24, 2.45) is 0 Å². The number of nitrogens with one attached hydrogen (secondary N) is 1. The first-order valence-electron chi connectivity index (χ1n) is 9.74. The number of piperidine rings is 1. The normalized spacial score (nSPS) is 20.1. The zero-order chi connectivity index (χ0) is 19.5. The van der Waals surface area contributed by atoms with Gasteiger partial charge in [0.25, 0.3) is 0 Å². The molecule has 144 valence electrons. The second-order valence-corrected chi connectivity index (χ2v) is 7.61. The highest BCUT2D eigenvalue weighted by Gasteiger charge is 2.25. The van der Waals surface area contributed by atoms with Gasteiger partial charge in [-0.1, -0.05) is 6.07 Å². The molecule has 1 fully saturated rings. The Bertz CT molecular complexity index is 944. The highest BCUT2D eigenvalue weighted by atomic mass is 19.1. The van der Waals surface area contributed by atoms with Gasteiger partial charge in [0.1, 0.15) is 5.82 Å². The minimum Gasteiger partial charge on any atom is -0.355 e. The average molecular weight is 376 g/mol. The highest BCUT2D eigenvalue weighted by molar-refractivity contribution is 5.68. The molecule has 3 aromatic rings. The Morgan fingerprint density at radius 3 is 2.71 bits per heavy atom. The van der Waals surface area contributed by atoms with E-state index in [0.29, 0.717) is 12.0 Å². The molecule has 1 saturated heterocycles. The Hall–Kier alpha value is -2.79. The molecule has 2 atom stereocenters. The first-order valence-corrected chi connectivity index (χ1v) is 9.74.